The number of carbonyl (C=O) groups is 1. The van der Waals surface area contributed by atoms with E-state index >= 15 is 0 Å². The first-order valence-corrected chi connectivity index (χ1v) is 12.0. The molecule has 0 aliphatic heterocycles. The molecule has 0 heterocycles. The van der Waals surface area contributed by atoms with Crippen molar-refractivity contribution in [1.29, 1.82) is 5.26 Å². The molecule has 0 aromatic heterocycles. The van der Waals surface area contributed by atoms with Gasteiger partial charge in [0, 0.05) is 11.8 Å². The summed E-state index contributed by atoms with van der Waals surface area (Å²) in [6.45, 7) is 8.49. The van der Waals surface area contributed by atoms with Gasteiger partial charge in [-0.25, -0.2) is 0 Å². The first kappa shape index (κ1) is 24.4. The molecule has 0 fully saturated rings. The number of fused-ring (bicyclic) bond motifs is 1. The number of carbonyl (C=O) groups excluding carboxylic acids is 1. The van der Waals surface area contributed by atoms with Gasteiger partial charge in [0.25, 0.3) is 5.91 Å². The molecule has 2 N–H and O–H groups in total. The quantitative estimate of drug-likeness (QED) is 0.389. The van der Waals surface area contributed by atoms with Crippen molar-refractivity contribution in [3.8, 4) is 11.8 Å². The third kappa shape index (κ3) is 6.16. The monoisotopic (exact) mass is 445 g/mol. The predicted octanol–water partition coefficient (Wildman–Crippen LogP) is 5.60. The summed E-state index contributed by atoms with van der Waals surface area (Å²) in [4.78, 5) is 12.9. The lowest BCUT2D eigenvalue weighted by molar-refractivity contribution is -0.117. The molecule has 0 saturated carbocycles. The molecule has 5 heteroatoms. The number of rotatable bonds is 9. The third-order valence-electron chi connectivity index (χ3n) is 6.26. The number of amides is 1. The summed E-state index contributed by atoms with van der Waals surface area (Å²) in [5.41, 5.74) is 6.12. The molecule has 2 atom stereocenters. The molecule has 5 nitrogen and oxygen atoms in total. The van der Waals surface area contributed by atoms with Crippen molar-refractivity contribution in [1.82, 2.24) is 10.6 Å². The second-order valence-corrected chi connectivity index (χ2v) is 8.70. The maximum absolute atomic E-state index is 12.9. The molecule has 1 aliphatic rings. The van der Waals surface area contributed by atoms with Gasteiger partial charge in [0.15, 0.2) is 0 Å². The lowest BCUT2D eigenvalue weighted by Gasteiger charge is -2.21. The van der Waals surface area contributed by atoms with Crippen molar-refractivity contribution in [2.45, 2.75) is 71.9 Å². The average molecular weight is 446 g/mol. The fourth-order valence-electron chi connectivity index (χ4n) is 4.40. The van der Waals surface area contributed by atoms with Gasteiger partial charge in [0.05, 0.1) is 18.7 Å². The maximum Gasteiger partial charge on any atom is 0.263 e. The SMILES string of the molecule is CCOc1ccc(C)cc1C(C)NC(=O)/C(C#N)=C\NC(CC)c1ccc2c(c1)CCCC2. The standard InChI is InChI=1S/C28H35N3O2/c1-5-26(23-13-12-21-9-7-8-10-22(21)16-23)30-18-24(17-29)28(32)31-20(4)25-15-19(3)11-14-27(25)33-6-2/h11-16,18,20,26,30H,5-10H2,1-4H3,(H,31,32)/b24-18-. The number of benzene rings is 2. The van der Waals surface area contributed by atoms with E-state index in [2.05, 4.69) is 35.8 Å². The average Bonchev–Trinajstić information content (AvgIpc) is 2.82. The van der Waals surface area contributed by atoms with Crippen LogP contribution in [0.25, 0.3) is 0 Å². The Morgan fingerprint density at radius 1 is 1.15 bits per heavy atom. The Kier molecular flexibility index (Phi) is 8.54. The highest BCUT2D eigenvalue weighted by Crippen LogP contribution is 2.28. The van der Waals surface area contributed by atoms with Gasteiger partial charge in [-0.3, -0.25) is 4.79 Å². The van der Waals surface area contributed by atoms with E-state index in [0.717, 1.165) is 36.1 Å². The highest BCUT2D eigenvalue weighted by molar-refractivity contribution is 5.97. The largest absolute Gasteiger partial charge is 0.494 e. The van der Waals surface area contributed by atoms with Gasteiger partial charge >= 0.3 is 0 Å². The van der Waals surface area contributed by atoms with Crippen LogP contribution in [0.4, 0.5) is 0 Å². The fourth-order valence-corrected chi connectivity index (χ4v) is 4.40. The number of aryl methyl sites for hydroxylation is 3. The number of ether oxygens (including phenoxy) is 1. The molecule has 1 aliphatic carbocycles. The molecule has 0 bridgehead atoms. The van der Waals surface area contributed by atoms with Gasteiger partial charge in [-0.05, 0) is 75.6 Å². The van der Waals surface area contributed by atoms with Gasteiger partial charge in [-0.15, -0.1) is 0 Å². The Morgan fingerprint density at radius 3 is 2.61 bits per heavy atom. The van der Waals surface area contributed by atoms with Crippen LogP contribution in [0.2, 0.25) is 0 Å². The highest BCUT2D eigenvalue weighted by Gasteiger charge is 2.18. The zero-order valence-corrected chi connectivity index (χ0v) is 20.2. The summed E-state index contributed by atoms with van der Waals surface area (Å²) < 4.78 is 5.72. The molecular weight excluding hydrogens is 410 g/mol. The molecule has 2 unspecified atom stereocenters. The molecule has 33 heavy (non-hydrogen) atoms. The predicted molar refractivity (Wildman–Crippen MR) is 132 cm³/mol. The summed E-state index contributed by atoms with van der Waals surface area (Å²) in [7, 11) is 0. The van der Waals surface area contributed by atoms with E-state index in [-0.39, 0.29) is 17.7 Å². The molecular formula is C28H35N3O2. The highest BCUT2D eigenvalue weighted by atomic mass is 16.5. The lowest BCUT2D eigenvalue weighted by atomic mass is 9.89. The smallest absolute Gasteiger partial charge is 0.263 e. The van der Waals surface area contributed by atoms with Gasteiger partial charge < -0.3 is 15.4 Å². The van der Waals surface area contributed by atoms with Crippen molar-refractivity contribution < 1.29 is 9.53 Å². The minimum Gasteiger partial charge on any atom is -0.494 e. The second-order valence-electron chi connectivity index (χ2n) is 8.70. The van der Waals surface area contributed by atoms with E-state index in [9.17, 15) is 10.1 Å². The first-order valence-electron chi connectivity index (χ1n) is 12.0. The van der Waals surface area contributed by atoms with Gasteiger partial charge in [-0.2, -0.15) is 5.26 Å². The molecule has 0 radical (unpaired) electrons. The van der Waals surface area contributed by atoms with E-state index in [1.165, 1.54) is 29.5 Å². The van der Waals surface area contributed by atoms with Crippen LogP contribution in [-0.2, 0) is 17.6 Å². The Balaban J connectivity index is 1.71. The molecule has 2 aromatic carbocycles. The summed E-state index contributed by atoms with van der Waals surface area (Å²) >= 11 is 0. The van der Waals surface area contributed by atoms with Crippen molar-refractivity contribution in [2.24, 2.45) is 0 Å². The van der Waals surface area contributed by atoms with Crippen molar-refractivity contribution >= 4 is 5.91 Å². The molecule has 2 aromatic rings. The topological polar surface area (TPSA) is 74.1 Å². The van der Waals surface area contributed by atoms with Crippen LogP contribution in [0.5, 0.6) is 5.75 Å². The van der Waals surface area contributed by atoms with Crippen LogP contribution in [0.15, 0.2) is 48.2 Å². The van der Waals surface area contributed by atoms with Gasteiger partial charge in [0.1, 0.15) is 17.4 Å². The second kappa shape index (κ2) is 11.6. The lowest BCUT2D eigenvalue weighted by Crippen LogP contribution is -2.29. The Morgan fingerprint density at radius 2 is 1.91 bits per heavy atom. The van der Waals surface area contributed by atoms with Crippen LogP contribution >= 0.6 is 0 Å². The maximum atomic E-state index is 12.9. The van der Waals surface area contributed by atoms with Crippen molar-refractivity contribution in [3.63, 3.8) is 0 Å². The Hall–Kier alpha value is -3.26. The van der Waals surface area contributed by atoms with Gasteiger partial charge in [0.2, 0.25) is 0 Å². The van der Waals surface area contributed by atoms with E-state index in [1.807, 2.05) is 45.0 Å². The fraction of sp³-hybridized carbons (Fsp3) is 0.429. The van der Waals surface area contributed by atoms with Crippen LogP contribution in [0.3, 0.4) is 0 Å². The zero-order valence-electron chi connectivity index (χ0n) is 20.2. The van der Waals surface area contributed by atoms with Crippen LogP contribution in [0, 0.1) is 18.3 Å². The van der Waals surface area contributed by atoms with Gasteiger partial charge in [-0.1, -0.05) is 42.8 Å². The van der Waals surface area contributed by atoms with E-state index < -0.39 is 5.91 Å². The van der Waals surface area contributed by atoms with Crippen molar-refractivity contribution in [2.75, 3.05) is 6.61 Å². The third-order valence-corrected chi connectivity index (χ3v) is 6.26. The number of nitriles is 1. The summed E-state index contributed by atoms with van der Waals surface area (Å²) in [5, 5.41) is 15.9. The normalized spacial score (nSPS) is 15.1. The number of nitrogens with zero attached hydrogens (tertiary/aromatic N) is 1. The summed E-state index contributed by atoms with van der Waals surface area (Å²) in [5.74, 6) is 0.344. The van der Waals surface area contributed by atoms with E-state index in [0.29, 0.717) is 6.61 Å². The Bertz CT molecular complexity index is 1050. The number of hydrogen-bond donors (Lipinski definition) is 2. The zero-order chi connectivity index (χ0) is 23.8. The van der Waals surface area contributed by atoms with Crippen LogP contribution < -0.4 is 15.4 Å². The first-order chi connectivity index (χ1) is 16.0. The van der Waals surface area contributed by atoms with E-state index in [1.54, 1.807) is 6.20 Å². The minimum atomic E-state index is -0.401. The molecule has 0 saturated heterocycles. The van der Waals surface area contributed by atoms with Crippen LogP contribution in [0.1, 0.15) is 79.9 Å². The molecule has 174 valence electrons. The number of nitrogens with one attached hydrogen (secondary N) is 2. The minimum absolute atomic E-state index is 0.0483. The Labute approximate surface area is 197 Å². The number of hydrogen-bond acceptors (Lipinski definition) is 4. The molecule has 0 spiro atoms. The summed E-state index contributed by atoms with van der Waals surface area (Å²) in [6, 6.07) is 14.4. The van der Waals surface area contributed by atoms with Crippen LogP contribution in [-0.4, -0.2) is 12.5 Å². The van der Waals surface area contributed by atoms with Crippen molar-refractivity contribution in [3.05, 3.63) is 76.0 Å². The summed E-state index contributed by atoms with van der Waals surface area (Å²) in [6.07, 6.45) is 7.19. The molecule has 3 rings (SSSR count). The van der Waals surface area contributed by atoms with E-state index in [4.69, 9.17) is 4.74 Å². The molecule has 1 amide bonds.